The van der Waals surface area contributed by atoms with Gasteiger partial charge in [0, 0.05) is 6.61 Å². The summed E-state index contributed by atoms with van der Waals surface area (Å²) in [6, 6.07) is 8.44. The van der Waals surface area contributed by atoms with Gasteiger partial charge in [-0.2, -0.15) is 0 Å². The highest BCUT2D eigenvalue weighted by Crippen LogP contribution is 2.16. The summed E-state index contributed by atoms with van der Waals surface area (Å²) in [5.74, 6) is 0.887. The molecule has 5 heteroatoms. The zero-order chi connectivity index (χ0) is 23.9. The number of ether oxygens (including phenoxy) is 2. The summed E-state index contributed by atoms with van der Waals surface area (Å²) in [7, 11) is 0. The highest BCUT2D eigenvalue weighted by molar-refractivity contribution is 5.27. The van der Waals surface area contributed by atoms with E-state index in [1.165, 1.54) is 50.5 Å². The topological polar surface area (TPSA) is 60.0 Å². The van der Waals surface area contributed by atoms with E-state index in [0.29, 0.717) is 13.2 Å². The van der Waals surface area contributed by atoms with Crippen LogP contribution in [0.3, 0.4) is 0 Å². The van der Waals surface area contributed by atoms with Gasteiger partial charge in [-0.05, 0) is 56.7 Å². The van der Waals surface area contributed by atoms with Crippen molar-refractivity contribution in [2.24, 2.45) is 0 Å². The normalized spacial score (nSPS) is 12.5. The molecule has 2 atom stereocenters. The van der Waals surface area contributed by atoms with Crippen LogP contribution in [0, 0.1) is 0 Å². The second kappa shape index (κ2) is 22.8. The standard InChI is InChI=1S/C23H41NO4.C4H8/c1-4-6-7-8-9-10-11-12-21-13-15-23(16-14-21)27-19-20(3)26-18-17-22(5-2)28-24-25;1-3-4-2/h13-16,20,22,24-25H,4-12,17-19H2,1-3H3;3H,1,4H2,2H3. The van der Waals surface area contributed by atoms with E-state index in [1.807, 2.05) is 19.9 Å². The quantitative estimate of drug-likeness (QED) is 0.130. The van der Waals surface area contributed by atoms with Gasteiger partial charge < -0.3 is 9.47 Å². The lowest BCUT2D eigenvalue weighted by atomic mass is 10.0. The second-order valence-electron chi connectivity index (χ2n) is 8.23. The van der Waals surface area contributed by atoms with Crippen LogP contribution in [-0.2, 0) is 16.0 Å². The molecule has 2 N–H and O–H groups in total. The maximum absolute atomic E-state index is 8.57. The smallest absolute Gasteiger partial charge is 0.119 e. The Balaban J connectivity index is 0.00000220. The molecule has 0 aliphatic rings. The number of aryl methyl sites for hydroxylation is 1. The largest absolute Gasteiger partial charge is 0.491 e. The minimum atomic E-state index is -0.0537. The molecule has 1 aromatic carbocycles. The van der Waals surface area contributed by atoms with Gasteiger partial charge in [-0.1, -0.05) is 83.1 Å². The van der Waals surface area contributed by atoms with Crippen molar-refractivity contribution < 1.29 is 19.5 Å². The van der Waals surface area contributed by atoms with Gasteiger partial charge in [0.25, 0.3) is 0 Å². The maximum atomic E-state index is 8.57. The van der Waals surface area contributed by atoms with Crippen LogP contribution >= 0.6 is 0 Å². The summed E-state index contributed by atoms with van der Waals surface area (Å²) in [4.78, 5) is 4.96. The maximum Gasteiger partial charge on any atom is 0.119 e. The van der Waals surface area contributed by atoms with Crippen LogP contribution in [0.1, 0.15) is 97.5 Å². The van der Waals surface area contributed by atoms with E-state index in [1.54, 1.807) is 5.64 Å². The van der Waals surface area contributed by atoms with Crippen LogP contribution in [-0.4, -0.2) is 30.6 Å². The fraction of sp³-hybridized carbons (Fsp3) is 0.704. The van der Waals surface area contributed by atoms with Crippen molar-refractivity contribution >= 4 is 0 Å². The lowest BCUT2D eigenvalue weighted by Gasteiger charge is -2.17. The van der Waals surface area contributed by atoms with Crippen LogP contribution < -0.4 is 10.4 Å². The van der Waals surface area contributed by atoms with E-state index in [0.717, 1.165) is 31.4 Å². The van der Waals surface area contributed by atoms with Crippen molar-refractivity contribution in [2.45, 2.75) is 111 Å². The van der Waals surface area contributed by atoms with Gasteiger partial charge in [0.1, 0.15) is 12.4 Å². The van der Waals surface area contributed by atoms with Crippen molar-refractivity contribution in [3.8, 4) is 5.75 Å². The van der Waals surface area contributed by atoms with Gasteiger partial charge in [0.2, 0.25) is 0 Å². The molecule has 32 heavy (non-hydrogen) atoms. The molecule has 0 aromatic heterocycles. The first-order valence-electron chi connectivity index (χ1n) is 12.6. The van der Waals surface area contributed by atoms with E-state index >= 15 is 0 Å². The number of unbranched alkanes of at least 4 members (excludes halogenated alkanes) is 6. The molecular formula is C27H49NO4. The van der Waals surface area contributed by atoms with E-state index in [9.17, 15) is 0 Å². The van der Waals surface area contributed by atoms with Gasteiger partial charge in [-0.15, -0.1) is 6.58 Å². The van der Waals surface area contributed by atoms with E-state index in [-0.39, 0.29) is 12.2 Å². The molecule has 0 spiro atoms. The van der Waals surface area contributed by atoms with Crippen molar-refractivity contribution in [3.63, 3.8) is 0 Å². The lowest BCUT2D eigenvalue weighted by Crippen LogP contribution is -2.24. The van der Waals surface area contributed by atoms with Crippen molar-refractivity contribution in [1.82, 2.24) is 5.64 Å². The molecule has 0 aliphatic carbocycles. The third-order valence-electron chi connectivity index (χ3n) is 5.28. The molecule has 0 bridgehead atoms. The molecule has 5 nitrogen and oxygen atoms in total. The first-order valence-corrected chi connectivity index (χ1v) is 12.6. The van der Waals surface area contributed by atoms with Gasteiger partial charge in [0.05, 0.1) is 12.2 Å². The molecule has 1 rings (SSSR count). The van der Waals surface area contributed by atoms with Crippen LogP contribution in [0.5, 0.6) is 5.75 Å². The van der Waals surface area contributed by atoms with Crippen molar-refractivity contribution in [1.29, 1.82) is 0 Å². The Labute approximate surface area is 197 Å². The number of hydrogen-bond donors (Lipinski definition) is 2. The highest BCUT2D eigenvalue weighted by Gasteiger charge is 2.09. The fourth-order valence-corrected chi connectivity index (χ4v) is 3.12. The fourth-order valence-electron chi connectivity index (χ4n) is 3.12. The molecule has 0 radical (unpaired) electrons. The van der Waals surface area contributed by atoms with Gasteiger partial charge >= 0.3 is 0 Å². The zero-order valence-electron chi connectivity index (χ0n) is 21.1. The Morgan fingerprint density at radius 3 is 2.19 bits per heavy atom. The van der Waals surface area contributed by atoms with Gasteiger partial charge in [0.15, 0.2) is 0 Å². The van der Waals surface area contributed by atoms with Crippen LogP contribution in [0.25, 0.3) is 0 Å². The third kappa shape index (κ3) is 18.2. The average Bonchev–Trinajstić information content (AvgIpc) is 2.82. The van der Waals surface area contributed by atoms with E-state index in [4.69, 9.17) is 19.5 Å². The Hall–Kier alpha value is -1.40. The SMILES string of the molecule is C=CCC.CCCCCCCCCc1ccc(OCC(C)OCCC(CC)ONO)cc1. The zero-order valence-corrected chi connectivity index (χ0v) is 21.1. The van der Waals surface area contributed by atoms with Gasteiger partial charge in [-0.3, -0.25) is 10.0 Å². The number of hydrogen-bond acceptors (Lipinski definition) is 5. The number of benzene rings is 1. The molecule has 0 heterocycles. The molecule has 2 unspecified atom stereocenters. The monoisotopic (exact) mass is 451 g/mol. The van der Waals surface area contributed by atoms with Crippen molar-refractivity contribution in [3.05, 3.63) is 42.5 Å². The molecule has 0 saturated heterocycles. The minimum Gasteiger partial charge on any atom is -0.491 e. The summed E-state index contributed by atoms with van der Waals surface area (Å²) < 4.78 is 11.6. The molecule has 0 saturated carbocycles. The molecule has 186 valence electrons. The Morgan fingerprint density at radius 1 is 1.00 bits per heavy atom. The first kappa shape index (κ1) is 30.6. The van der Waals surface area contributed by atoms with Crippen LogP contribution in [0.15, 0.2) is 36.9 Å². The highest BCUT2D eigenvalue weighted by atomic mass is 16.8. The molecule has 0 amide bonds. The van der Waals surface area contributed by atoms with Gasteiger partial charge in [-0.25, -0.2) is 0 Å². The molecular weight excluding hydrogens is 402 g/mol. The second-order valence-corrected chi connectivity index (χ2v) is 8.23. The summed E-state index contributed by atoms with van der Waals surface area (Å²) in [5, 5.41) is 8.57. The molecule has 0 fully saturated rings. The molecule has 1 aromatic rings. The first-order chi connectivity index (χ1) is 15.6. The summed E-state index contributed by atoms with van der Waals surface area (Å²) in [6.07, 6.45) is 15.0. The number of nitrogens with one attached hydrogen (secondary N) is 1. The summed E-state index contributed by atoms with van der Waals surface area (Å²) >= 11 is 0. The molecule has 0 aliphatic heterocycles. The Morgan fingerprint density at radius 2 is 1.62 bits per heavy atom. The predicted octanol–water partition coefficient (Wildman–Crippen LogP) is 7.43. The van der Waals surface area contributed by atoms with E-state index in [2.05, 4.69) is 44.7 Å². The third-order valence-corrected chi connectivity index (χ3v) is 5.28. The van der Waals surface area contributed by atoms with E-state index < -0.39 is 0 Å². The average molecular weight is 452 g/mol. The number of rotatable bonds is 19. The van der Waals surface area contributed by atoms with Crippen LogP contribution in [0.2, 0.25) is 0 Å². The minimum absolute atomic E-state index is 0.00646. The Bertz CT molecular complexity index is 521. The Kier molecular flexibility index (Phi) is 21.8. The number of allylic oxidation sites excluding steroid dienone is 1. The predicted molar refractivity (Wildman–Crippen MR) is 134 cm³/mol. The van der Waals surface area contributed by atoms with Crippen LogP contribution in [0.4, 0.5) is 0 Å². The summed E-state index contributed by atoms with van der Waals surface area (Å²) in [5.41, 5.74) is 3.14. The lowest BCUT2D eigenvalue weighted by molar-refractivity contribution is -0.168. The summed E-state index contributed by atoms with van der Waals surface area (Å²) in [6.45, 7) is 12.9. The van der Waals surface area contributed by atoms with Crippen molar-refractivity contribution in [2.75, 3.05) is 13.2 Å².